The van der Waals surface area contributed by atoms with E-state index < -0.39 is 0 Å². The molecule has 34 heavy (non-hydrogen) atoms. The van der Waals surface area contributed by atoms with Gasteiger partial charge >= 0.3 is 0 Å². The second-order valence-electron chi connectivity index (χ2n) is 12.7. The predicted octanol–water partition coefficient (Wildman–Crippen LogP) is 11.0. The van der Waals surface area contributed by atoms with Crippen molar-refractivity contribution in [2.45, 2.75) is 154 Å². The molecule has 200 valence electrons. The molecule has 0 amide bonds. The van der Waals surface area contributed by atoms with Gasteiger partial charge in [0.15, 0.2) is 0 Å². The van der Waals surface area contributed by atoms with Gasteiger partial charge in [0.25, 0.3) is 0 Å². The third-order valence-electron chi connectivity index (χ3n) is 10.4. The lowest BCUT2D eigenvalue weighted by molar-refractivity contribution is 0.102. The van der Waals surface area contributed by atoms with E-state index in [0.717, 1.165) is 61.2 Å². The van der Waals surface area contributed by atoms with Gasteiger partial charge in [-0.1, -0.05) is 89.9 Å². The maximum atomic E-state index is 12.3. The molecule has 0 radical (unpaired) electrons. The molecule has 0 aromatic carbocycles. The van der Waals surface area contributed by atoms with E-state index in [1.165, 1.54) is 128 Å². The van der Waals surface area contributed by atoms with Gasteiger partial charge in [-0.3, -0.25) is 8.78 Å². The van der Waals surface area contributed by atoms with Crippen LogP contribution in [-0.2, 0) is 0 Å². The molecule has 0 nitrogen and oxygen atoms in total. The minimum absolute atomic E-state index is 0.123. The van der Waals surface area contributed by atoms with Crippen molar-refractivity contribution in [1.82, 2.24) is 0 Å². The molecule has 0 heterocycles. The highest BCUT2D eigenvalue weighted by Crippen LogP contribution is 2.46. The van der Waals surface area contributed by atoms with Crippen LogP contribution in [0.5, 0.6) is 0 Å². The molecule has 2 heteroatoms. The zero-order chi connectivity index (χ0) is 23.8. The van der Waals surface area contributed by atoms with E-state index in [1.54, 1.807) is 0 Å². The highest BCUT2D eigenvalue weighted by Gasteiger charge is 2.34. The van der Waals surface area contributed by atoms with Crippen LogP contribution in [0.25, 0.3) is 0 Å². The smallest absolute Gasteiger partial charge is 0.0894 e. The van der Waals surface area contributed by atoms with E-state index in [0.29, 0.717) is 0 Å². The van der Waals surface area contributed by atoms with Gasteiger partial charge in [0.1, 0.15) is 0 Å². The number of unbranched alkanes of at least 4 members (excludes halogenated alkanes) is 8. The Hall–Kier alpha value is -0.140. The van der Waals surface area contributed by atoms with Gasteiger partial charge < -0.3 is 0 Å². The van der Waals surface area contributed by atoms with Crippen LogP contribution in [0.3, 0.4) is 0 Å². The molecule has 0 atom stereocenters. The fraction of sp³-hybridized carbons (Fsp3) is 1.00. The van der Waals surface area contributed by atoms with Crippen LogP contribution >= 0.6 is 0 Å². The molecule has 0 bridgehead atoms. The van der Waals surface area contributed by atoms with Crippen molar-refractivity contribution in [3.63, 3.8) is 0 Å². The van der Waals surface area contributed by atoms with Gasteiger partial charge in [-0.15, -0.1) is 0 Å². The molecule has 3 aliphatic rings. The molecule has 3 fully saturated rings. The van der Waals surface area contributed by atoms with Gasteiger partial charge in [-0.25, -0.2) is 0 Å². The average Bonchev–Trinajstić information content (AvgIpc) is 2.89. The highest BCUT2D eigenvalue weighted by atomic mass is 19.1. The van der Waals surface area contributed by atoms with Crippen LogP contribution in [0.15, 0.2) is 0 Å². The molecular weight excluding hydrogens is 422 g/mol. The Morgan fingerprint density at radius 3 is 0.941 bits per heavy atom. The SMILES string of the molecule is FCCCCCCCCCC1CCC(C2CCC(C3CCC(CCCCCF)CC3)CC2)CC1. The fourth-order valence-electron chi connectivity index (χ4n) is 8.10. The van der Waals surface area contributed by atoms with Gasteiger partial charge in [-0.2, -0.15) is 0 Å². The zero-order valence-electron chi connectivity index (χ0n) is 22.6. The topological polar surface area (TPSA) is 0 Å². The van der Waals surface area contributed by atoms with Crippen molar-refractivity contribution in [3.8, 4) is 0 Å². The quantitative estimate of drug-likeness (QED) is 0.193. The lowest BCUT2D eigenvalue weighted by Gasteiger charge is -2.41. The van der Waals surface area contributed by atoms with Crippen LogP contribution < -0.4 is 0 Å². The van der Waals surface area contributed by atoms with E-state index in [2.05, 4.69) is 0 Å². The Bertz CT molecular complexity index is 467. The summed E-state index contributed by atoms with van der Waals surface area (Å²) in [6.07, 6.45) is 32.7. The largest absolute Gasteiger partial charge is 0.251 e. The Morgan fingerprint density at radius 1 is 0.324 bits per heavy atom. The lowest BCUT2D eigenvalue weighted by Crippen LogP contribution is -2.29. The first-order valence-electron chi connectivity index (χ1n) is 15.9. The number of hydrogen-bond acceptors (Lipinski definition) is 0. The van der Waals surface area contributed by atoms with Crippen molar-refractivity contribution in [2.75, 3.05) is 13.3 Å². The number of alkyl halides is 2. The second kappa shape index (κ2) is 17.3. The van der Waals surface area contributed by atoms with Gasteiger partial charge in [0, 0.05) is 0 Å². The summed E-state index contributed by atoms with van der Waals surface area (Å²) in [4.78, 5) is 0. The molecule has 0 spiro atoms. The number of halogens is 2. The molecule has 0 aromatic rings. The molecule has 0 aliphatic heterocycles. The van der Waals surface area contributed by atoms with Crippen molar-refractivity contribution in [3.05, 3.63) is 0 Å². The average molecular weight is 481 g/mol. The van der Waals surface area contributed by atoms with Gasteiger partial charge in [-0.05, 0) is 99.7 Å². The van der Waals surface area contributed by atoms with Gasteiger partial charge in [0.05, 0.1) is 13.3 Å². The second-order valence-corrected chi connectivity index (χ2v) is 12.7. The summed E-state index contributed by atoms with van der Waals surface area (Å²) in [5.74, 6) is 6.14. The molecule has 0 unspecified atom stereocenters. The minimum atomic E-state index is -0.129. The summed E-state index contributed by atoms with van der Waals surface area (Å²) in [6, 6.07) is 0. The van der Waals surface area contributed by atoms with Gasteiger partial charge in [0.2, 0.25) is 0 Å². The standard InChI is InChI=1S/C32H58F2/c33-25-9-5-3-1-2-4-7-11-27-13-17-29(18-14-27)31-21-23-32(24-22-31)30-19-15-28(16-20-30)12-8-6-10-26-34/h27-32H,1-26H2. The Morgan fingerprint density at radius 2 is 0.588 bits per heavy atom. The molecule has 0 saturated heterocycles. The monoisotopic (exact) mass is 480 g/mol. The Labute approximate surface area is 211 Å². The first-order valence-corrected chi connectivity index (χ1v) is 15.9. The third kappa shape index (κ3) is 10.5. The molecular formula is C32H58F2. The summed E-state index contributed by atoms with van der Waals surface area (Å²) >= 11 is 0. The van der Waals surface area contributed by atoms with E-state index >= 15 is 0 Å². The first kappa shape index (κ1) is 28.4. The number of rotatable bonds is 16. The number of hydrogen-bond donors (Lipinski definition) is 0. The summed E-state index contributed by atoms with van der Waals surface area (Å²) in [5.41, 5.74) is 0. The molecule has 3 saturated carbocycles. The van der Waals surface area contributed by atoms with Crippen LogP contribution in [0.4, 0.5) is 8.78 Å². The van der Waals surface area contributed by atoms with E-state index in [-0.39, 0.29) is 13.3 Å². The van der Waals surface area contributed by atoms with E-state index in [1.807, 2.05) is 0 Å². The maximum Gasteiger partial charge on any atom is 0.0894 e. The van der Waals surface area contributed by atoms with Crippen molar-refractivity contribution in [1.29, 1.82) is 0 Å². The van der Waals surface area contributed by atoms with Crippen LogP contribution in [0.2, 0.25) is 0 Å². The lowest BCUT2D eigenvalue weighted by atomic mass is 9.64. The highest BCUT2D eigenvalue weighted by molar-refractivity contribution is 4.86. The van der Waals surface area contributed by atoms with Crippen molar-refractivity contribution in [2.24, 2.45) is 35.5 Å². The van der Waals surface area contributed by atoms with Crippen LogP contribution in [0.1, 0.15) is 154 Å². The summed E-state index contributed by atoms with van der Waals surface area (Å²) in [6.45, 7) is -0.252. The normalized spacial score (nSPS) is 32.6. The van der Waals surface area contributed by atoms with Crippen molar-refractivity contribution < 1.29 is 8.78 Å². The van der Waals surface area contributed by atoms with E-state index in [9.17, 15) is 8.78 Å². The Kier molecular flexibility index (Phi) is 14.5. The minimum Gasteiger partial charge on any atom is -0.251 e. The van der Waals surface area contributed by atoms with Crippen LogP contribution in [0, 0.1) is 35.5 Å². The summed E-state index contributed by atoms with van der Waals surface area (Å²) in [5, 5.41) is 0. The first-order chi connectivity index (χ1) is 16.8. The van der Waals surface area contributed by atoms with Crippen molar-refractivity contribution >= 4 is 0 Å². The molecule has 0 N–H and O–H groups in total. The van der Waals surface area contributed by atoms with E-state index in [4.69, 9.17) is 0 Å². The summed E-state index contributed by atoms with van der Waals surface area (Å²) in [7, 11) is 0. The Balaban J connectivity index is 1.20. The molecule has 0 aromatic heterocycles. The molecule has 3 aliphatic carbocycles. The fourth-order valence-corrected chi connectivity index (χ4v) is 8.10. The third-order valence-corrected chi connectivity index (χ3v) is 10.4. The zero-order valence-corrected chi connectivity index (χ0v) is 22.6. The molecule has 3 rings (SSSR count). The maximum absolute atomic E-state index is 12.3. The predicted molar refractivity (Wildman–Crippen MR) is 144 cm³/mol. The summed E-state index contributed by atoms with van der Waals surface area (Å²) < 4.78 is 24.4. The van der Waals surface area contributed by atoms with Crippen LogP contribution in [-0.4, -0.2) is 13.3 Å².